The molecule has 2 aliphatic rings. The zero-order valence-electron chi connectivity index (χ0n) is 10.00. The zero-order chi connectivity index (χ0) is 12.8. The molecule has 0 unspecified atom stereocenters. The summed E-state index contributed by atoms with van der Waals surface area (Å²) in [5.41, 5.74) is 4.41. The van der Waals surface area contributed by atoms with Gasteiger partial charge in [0, 0.05) is 13.1 Å². The number of rotatable bonds is 2. The van der Waals surface area contributed by atoms with Crippen LogP contribution < -0.4 is 5.43 Å². The second kappa shape index (κ2) is 4.57. The van der Waals surface area contributed by atoms with Crippen LogP contribution in [0.25, 0.3) is 0 Å². The van der Waals surface area contributed by atoms with Gasteiger partial charge in [0.25, 0.3) is 0 Å². The summed E-state index contributed by atoms with van der Waals surface area (Å²) in [7, 11) is 0. The van der Waals surface area contributed by atoms with Gasteiger partial charge in [-0.2, -0.15) is 0 Å². The summed E-state index contributed by atoms with van der Waals surface area (Å²) in [6.07, 6.45) is 3.19. The maximum Gasteiger partial charge on any atom is 0.0742 e. The highest BCUT2D eigenvalue weighted by Gasteiger charge is 2.51. The standard InChI is InChI=1S/C13H16Cl2N2O/c14-10-2-1-9(7-11(10)15)16-17-6-5-13(3-4-13)12(18)8-17/h1-2,7,12,16,18H,3-6,8H2/t12-/m1/s1. The van der Waals surface area contributed by atoms with E-state index in [0.717, 1.165) is 18.7 Å². The topological polar surface area (TPSA) is 35.5 Å². The molecule has 0 bridgehead atoms. The fourth-order valence-electron chi connectivity index (χ4n) is 2.61. The number of nitrogens with one attached hydrogen (secondary N) is 1. The van der Waals surface area contributed by atoms with Crippen LogP contribution in [0.5, 0.6) is 0 Å². The van der Waals surface area contributed by atoms with Crippen molar-refractivity contribution in [1.82, 2.24) is 5.01 Å². The third-order valence-corrected chi connectivity index (χ3v) is 4.82. The van der Waals surface area contributed by atoms with Crippen LogP contribution >= 0.6 is 23.2 Å². The summed E-state index contributed by atoms with van der Waals surface area (Å²) >= 11 is 11.9. The maximum absolute atomic E-state index is 10.1. The molecule has 1 aromatic carbocycles. The second-order valence-corrected chi connectivity index (χ2v) is 6.13. The SMILES string of the molecule is O[C@@H]1CN(Nc2ccc(Cl)c(Cl)c2)CCC12CC2. The monoisotopic (exact) mass is 286 g/mol. The molecule has 2 fully saturated rings. The summed E-state index contributed by atoms with van der Waals surface area (Å²) in [5, 5.41) is 13.3. The Morgan fingerprint density at radius 2 is 2.00 bits per heavy atom. The van der Waals surface area contributed by atoms with Crippen molar-refractivity contribution < 1.29 is 5.11 Å². The van der Waals surface area contributed by atoms with E-state index in [2.05, 4.69) is 5.43 Å². The number of aliphatic hydroxyl groups is 1. The van der Waals surface area contributed by atoms with Gasteiger partial charge >= 0.3 is 0 Å². The number of hydrazine groups is 1. The van der Waals surface area contributed by atoms with Gasteiger partial charge in [-0.1, -0.05) is 23.2 Å². The second-order valence-electron chi connectivity index (χ2n) is 5.31. The van der Waals surface area contributed by atoms with E-state index in [1.807, 2.05) is 11.1 Å². The quantitative estimate of drug-likeness (QED) is 0.877. The molecule has 0 aromatic heterocycles. The summed E-state index contributed by atoms with van der Waals surface area (Å²) < 4.78 is 0. The minimum atomic E-state index is -0.221. The Hall–Kier alpha value is -0.480. The van der Waals surface area contributed by atoms with Crippen LogP contribution in [-0.4, -0.2) is 29.3 Å². The predicted molar refractivity (Wildman–Crippen MR) is 73.9 cm³/mol. The molecule has 1 spiro atoms. The summed E-state index contributed by atoms with van der Waals surface area (Å²) in [5.74, 6) is 0. The lowest BCUT2D eigenvalue weighted by atomic mass is 9.91. The number of hydrogen-bond acceptors (Lipinski definition) is 3. The molecule has 1 saturated carbocycles. The summed E-state index contributed by atoms with van der Waals surface area (Å²) in [6, 6.07) is 5.47. The first kappa shape index (κ1) is 12.5. The van der Waals surface area contributed by atoms with E-state index in [1.165, 1.54) is 12.8 Å². The smallest absolute Gasteiger partial charge is 0.0742 e. The van der Waals surface area contributed by atoms with E-state index < -0.39 is 0 Å². The molecule has 1 aromatic rings. The van der Waals surface area contributed by atoms with Gasteiger partial charge in [0.15, 0.2) is 0 Å². The molecular weight excluding hydrogens is 271 g/mol. The van der Waals surface area contributed by atoms with Crippen molar-refractivity contribution in [3.05, 3.63) is 28.2 Å². The fourth-order valence-corrected chi connectivity index (χ4v) is 2.91. The average Bonchev–Trinajstić information content (AvgIpc) is 3.10. The molecular formula is C13H16Cl2N2O. The number of hydrogen-bond donors (Lipinski definition) is 2. The molecule has 1 aliphatic carbocycles. The lowest BCUT2D eigenvalue weighted by Gasteiger charge is -2.36. The predicted octanol–water partition coefficient (Wildman–Crippen LogP) is 3.17. The number of aliphatic hydroxyl groups excluding tert-OH is 1. The van der Waals surface area contributed by atoms with E-state index in [9.17, 15) is 5.11 Å². The molecule has 98 valence electrons. The average molecular weight is 287 g/mol. The van der Waals surface area contributed by atoms with Gasteiger partial charge < -0.3 is 10.5 Å². The van der Waals surface area contributed by atoms with E-state index >= 15 is 0 Å². The van der Waals surface area contributed by atoms with Crippen LogP contribution in [0.15, 0.2) is 18.2 Å². The highest BCUT2D eigenvalue weighted by molar-refractivity contribution is 6.42. The van der Waals surface area contributed by atoms with Crippen LogP contribution in [0.1, 0.15) is 19.3 Å². The molecule has 0 radical (unpaired) electrons. The van der Waals surface area contributed by atoms with E-state index in [-0.39, 0.29) is 11.5 Å². The largest absolute Gasteiger partial charge is 0.391 e. The first-order chi connectivity index (χ1) is 8.59. The highest BCUT2D eigenvalue weighted by Crippen LogP contribution is 2.53. The number of nitrogens with zero attached hydrogens (tertiary/aromatic N) is 1. The summed E-state index contributed by atoms with van der Waals surface area (Å²) in [4.78, 5) is 0. The maximum atomic E-state index is 10.1. The lowest BCUT2D eigenvalue weighted by molar-refractivity contribution is 0.0182. The highest BCUT2D eigenvalue weighted by atomic mass is 35.5. The molecule has 1 heterocycles. The van der Waals surface area contributed by atoms with Crippen molar-refractivity contribution in [1.29, 1.82) is 0 Å². The van der Waals surface area contributed by atoms with Crippen LogP contribution in [0.2, 0.25) is 10.0 Å². The van der Waals surface area contributed by atoms with Gasteiger partial charge in [-0.25, -0.2) is 5.01 Å². The van der Waals surface area contributed by atoms with Crippen LogP contribution in [0.4, 0.5) is 5.69 Å². The Morgan fingerprint density at radius 1 is 1.22 bits per heavy atom. The van der Waals surface area contributed by atoms with Gasteiger partial charge in [0.2, 0.25) is 0 Å². The van der Waals surface area contributed by atoms with Crippen molar-refractivity contribution >= 4 is 28.9 Å². The molecule has 3 rings (SSSR count). The van der Waals surface area contributed by atoms with Crippen LogP contribution in [0, 0.1) is 5.41 Å². The van der Waals surface area contributed by atoms with Crippen molar-refractivity contribution in [2.24, 2.45) is 5.41 Å². The van der Waals surface area contributed by atoms with Crippen LogP contribution in [0.3, 0.4) is 0 Å². The molecule has 2 N–H and O–H groups in total. The van der Waals surface area contributed by atoms with Crippen molar-refractivity contribution in [2.45, 2.75) is 25.4 Å². The normalized spacial score (nSPS) is 26.3. The number of halogens is 2. The minimum Gasteiger partial charge on any atom is -0.391 e. The summed E-state index contributed by atoms with van der Waals surface area (Å²) in [6.45, 7) is 1.62. The molecule has 1 atom stereocenters. The molecule has 18 heavy (non-hydrogen) atoms. The van der Waals surface area contributed by atoms with Gasteiger partial charge in [-0.3, -0.25) is 0 Å². The fraction of sp³-hybridized carbons (Fsp3) is 0.538. The van der Waals surface area contributed by atoms with Gasteiger partial charge in [-0.05, 0) is 42.9 Å². The van der Waals surface area contributed by atoms with E-state index in [1.54, 1.807) is 12.1 Å². The molecule has 1 aliphatic heterocycles. The van der Waals surface area contributed by atoms with Crippen molar-refractivity contribution in [3.63, 3.8) is 0 Å². The Morgan fingerprint density at radius 3 is 2.61 bits per heavy atom. The van der Waals surface area contributed by atoms with E-state index in [0.29, 0.717) is 16.6 Å². The Labute approximate surface area is 117 Å². The first-order valence-corrected chi connectivity index (χ1v) is 6.99. The molecule has 3 nitrogen and oxygen atoms in total. The van der Waals surface area contributed by atoms with E-state index in [4.69, 9.17) is 23.2 Å². The Kier molecular flexibility index (Phi) is 3.18. The molecule has 5 heteroatoms. The first-order valence-electron chi connectivity index (χ1n) is 6.24. The van der Waals surface area contributed by atoms with Crippen molar-refractivity contribution in [2.75, 3.05) is 18.5 Å². The molecule has 0 amide bonds. The number of β-amino-alcohol motifs (C(OH)–C–C–N with tert-alkyl or cyclic N) is 1. The minimum absolute atomic E-state index is 0.221. The third kappa shape index (κ3) is 2.32. The Bertz CT molecular complexity index is 462. The zero-order valence-corrected chi connectivity index (χ0v) is 11.5. The molecule has 1 saturated heterocycles. The lowest BCUT2D eigenvalue weighted by Crippen LogP contribution is -2.47. The number of piperidine rings is 1. The number of benzene rings is 1. The Balaban J connectivity index is 1.64. The third-order valence-electron chi connectivity index (χ3n) is 4.08. The van der Waals surface area contributed by atoms with Gasteiger partial charge in [-0.15, -0.1) is 0 Å². The van der Waals surface area contributed by atoms with Crippen molar-refractivity contribution in [3.8, 4) is 0 Å². The van der Waals surface area contributed by atoms with Crippen LogP contribution in [-0.2, 0) is 0 Å². The number of anilines is 1. The van der Waals surface area contributed by atoms with Gasteiger partial charge in [0.1, 0.15) is 0 Å². The van der Waals surface area contributed by atoms with Gasteiger partial charge in [0.05, 0.1) is 21.8 Å².